The summed E-state index contributed by atoms with van der Waals surface area (Å²) in [5.41, 5.74) is 0.767. The minimum absolute atomic E-state index is 0.00927. The van der Waals surface area contributed by atoms with Gasteiger partial charge in [0.25, 0.3) is 0 Å². The Balaban J connectivity index is 2.17. The third kappa shape index (κ3) is 2.06. The zero-order valence-electron chi connectivity index (χ0n) is 8.26. The van der Waals surface area contributed by atoms with Crippen molar-refractivity contribution in [3.05, 3.63) is 23.8 Å². The number of aromatic hydroxyl groups is 2. The lowest BCUT2D eigenvalue weighted by atomic mass is 9.95. The van der Waals surface area contributed by atoms with Crippen molar-refractivity contribution in [2.24, 2.45) is 0 Å². The zero-order valence-corrected chi connectivity index (χ0v) is 8.26. The van der Waals surface area contributed by atoms with Crippen LogP contribution in [0.2, 0.25) is 0 Å². The fourth-order valence-electron chi connectivity index (χ4n) is 1.93. The fourth-order valence-corrected chi connectivity index (χ4v) is 1.93. The van der Waals surface area contributed by atoms with E-state index in [1.807, 2.05) is 0 Å². The van der Waals surface area contributed by atoms with E-state index in [4.69, 9.17) is 14.9 Å². The molecule has 0 saturated carbocycles. The molecule has 0 aliphatic carbocycles. The molecular formula is C11H14O4. The van der Waals surface area contributed by atoms with Gasteiger partial charge >= 0.3 is 0 Å². The third-order valence-electron chi connectivity index (χ3n) is 2.74. The Kier molecular flexibility index (Phi) is 2.79. The van der Waals surface area contributed by atoms with Gasteiger partial charge in [0.15, 0.2) is 0 Å². The van der Waals surface area contributed by atoms with Gasteiger partial charge in [-0.1, -0.05) is 6.07 Å². The molecule has 4 nitrogen and oxygen atoms in total. The topological polar surface area (TPSA) is 69.9 Å². The van der Waals surface area contributed by atoms with Gasteiger partial charge in [-0.15, -0.1) is 0 Å². The lowest BCUT2D eigenvalue weighted by molar-refractivity contribution is 0.0584. The Morgan fingerprint density at radius 2 is 2.13 bits per heavy atom. The van der Waals surface area contributed by atoms with Crippen LogP contribution in [0.5, 0.6) is 11.5 Å². The monoisotopic (exact) mass is 210 g/mol. The molecule has 1 heterocycles. The maximum Gasteiger partial charge on any atom is 0.122 e. The van der Waals surface area contributed by atoms with E-state index < -0.39 is 0 Å². The maximum absolute atomic E-state index is 9.63. The van der Waals surface area contributed by atoms with Crippen LogP contribution in [-0.4, -0.2) is 34.6 Å². The van der Waals surface area contributed by atoms with Gasteiger partial charge in [0.05, 0.1) is 19.3 Å². The molecule has 4 heteroatoms. The summed E-state index contributed by atoms with van der Waals surface area (Å²) in [6.07, 6.45) is 0.567. The minimum Gasteiger partial charge on any atom is -0.508 e. The molecule has 1 aliphatic heterocycles. The van der Waals surface area contributed by atoms with Crippen molar-refractivity contribution in [2.75, 3.05) is 13.2 Å². The maximum atomic E-state index is 9.63. The first-order valence-electron chi connectivity index (χ1n) is 4.95. The van der Waals surface area contributed by atoms with Crippen LogP contribution in [0.25, 0.3) is 0 Å². The molecule has 1 aromatic carbocycles. The van der Waals surface area contributed by atoms with Crippen LogP contribution in [0, 0.1) is 0 Å². The molecule has 1 saturated heterocycles. The highest BCUT2D eigenvalue weighted by Crippen LogP contribution is 2.35. The van der Waals surface area contributed by atoms with Gasteiger partial charge in [-0.2, -0.15) is 0 Å². The normalized spacial score (nSPS) is 25.7. The Labute approximate surface area is 87.7 Å². The molecule has 1 aromatic rings. The van der Waals surface area contributed by atoms with Gasteiger partial charge in [0.1, 0.15) is 11.5 Å². The van der Waals surface area contributed by atoms with E-state index in [-0.39, 0.29) is 30.1 Å². The lowest BCUT2D eigenvalue weighted by Gasteiger charge is -2.10. The highest BCUT2D eigenvalue weighted by Gasteiger charge is 2.27. The Hall–Kier alpha value is -1.26. The van der Waals surface area contributed by atoms with Gasteiger partial charge < -0.3 is 20.1 Å². The summed E-state index contributed by atoms with van der Waals surface area (Å²) in [7, 11) is 0. The smallest absolute Gasteiger partial charge is 0.122 e. The number of phenols is 2. The quantitative estimate of drug-likeness (QED) is 0.680. The highest BCUT2D eigenvalue weighted by atomic mass is 16.5. The van der Waals surface area contributed by atoms with E-state index in [9.17, 15) is 5.11 Å². The summed E-state index contributed by atoms with van der Waals surface area (Å²) < 4.78 is 5.33. The average molecular weight is 210 g/mol. The molecule has 15 heavy (non-hydrogen) atoms. The van der Waals surface area contributed by atoms with Crippen LogP contribution in [0.1, 0.15) is 17.9 Å². The number of aliphatic hydroxyl groups is 1. The summed E-state index contributed by atoms with van der Waals surface area (Å²) in [6.45, 7) is 0.513. The van der Waals surface area contributed by atoms with Crippen molar-refractivity contribution in [3.63, 3.8) is 0 Å². The van der Waals surface area contributed by atoms with Gasteiger partial charge in [0, 0.05) is 12.0 Å². The number of rotatable bonds is 2. The molecule has 2 rings (SSSR count). The molecule has 3 N–H and O–H groups in total. The highest BCUT2D eigenvalue weighted by molar-refractivity contribution is 5.41. The second-order valence-corrected chi connectivity index (χ2v) is 3.81. The first-order chi connectivity index (χ1) is 7.20. The lowest BCUT2D eigenvalue weighted by Crippen LogP contribution is -2.09. The first-order valence-corrected chi connectivity index (χ1v) is 4.95. The molecule has 1 aliphatic rings. The summed E-state index contributed by atoms with van der Waals surface area (Å²) in [6, 6.07) is 4.56. The van der Waals surface area contributed by atoms with E-state index in [1.165, 1.54) is 6.07 Å². The van der Waals surface area contributed by atoms with E-state index >= 15 is 0 Å². The summed E-state index contributed by atoms with van der Waals surface area (Å²) in [5.74, 6) is 0.235. The molecule has 2 atom stereocenters. The minimum atomic E-state index is -0.136. The Morgan fingerprint density at radius 1 is 1.33 bits per heavy atom. The molecule has 0 radical (unpaired) electrons. The van der Waals surface area contributed by atoms with E-state index in [2.05, 4.69) is 0 Å². The molecule has 0 spiro atoms. The van der Waals surface area contributed by atoms with Gasteiger partial charge in [0.2, 0.25) is 0 Å². The second kappa shape index (κ2) is 4.08. The van der Waals surface area contributed by atoms with E-state index in [0.29, 0.717) is 13.0 Å². The van der Waals surface area contributed by atoms with Crippen LogP contribution in [-0.2, 0) is 4.74 Å². The van der Waals surface area contributed by atoms with Crippen LogP contribution >= 0.6 is 0 Å². The Bertz CT molecular complexity index is 350. The average Bonchev–Trinajstić information content (AvgIpc) is 2.66. The first kappa shape index (κ1) is 10.3. The standard InChI is InChI=1S/C11H14O4/c12-5-9-3-7(6-15-9)10-2-1-8(13)4-11(10)14/h1-2,4,7,9,12-14H,3,5-6H2/t7-,9+/m1/s1. The molecule has 1 fully saturated rings. The van der Waals surface area contributed by atoms with Crippen LogP contribution in [0.3, 0.4) is 0 Å². The van der Waals surface area contributed by atoms with E-state index in [1.54, 1.807) is 12.1 Å². The third-order valence-corrected chi connectivity index (χ3v) is 2.74. The summed E-state index contributed by atoms with van der Waals surface area (Å²) in [5, 5.41) is 27.7. The van der Waals surface area contributed by atoms with Crippen molar-refractivity contribution in [1.29, 1.82) is 0 Å². The molecule has 82 valence electrons. The molecule has 0 amide bonds. The number of hydrogen-bond donors (Lipinski definition) is 3. The Morgan fingerprint density at radius 3 is 2.73 bits per heavy atom. The number of benzene rings is 1. The molecule has 0 unspecified atom stereocenters. The van der Waals surface area contributed by atoms with Gasteiger partial charge in [-0.25, -0.2) is 0 Å². The fraction of sp³-hybridized carbons (Fsp3) is 0.455. The van der Waals surface area contributed by atoms with Crippen molar-refractivity contribution >= 4 is 0 Å². The van der Waals surface area contributed by atoms with E-state index in [0.717, 1.165) is 5.56 Å². The predicted octanol–water partition coefficient (Wildman–Crippen LogP) is 0.963. The van der Waals surface area contributed by atoms with Gasteiger partial charge in [-0.05, 0) is 18.1 Å². The number of ether oxygens (including phenoxy) is 1. The SMILES string of the molecule is OC[C@@H]1C[C@@H](c2ccc(O)cc2O)CO1. The van der Waals surface area contributed by atoms with Crippen LogP contribution < -0.4 is 0 Å². The molecule has 0 bridgehead atoms. The molecular weight excluding hydrogens is 196 g/mol. The predicted molar refractivity (Wildman–Crippen MR) is 54.0 cm³/mol. The summed E-state index contributed by atoms with van der Waals surface area (Å²) >= 11 is 0. The second-order valence-electron chi connectivity index (χ2n) is 3.81. The van der Waals surface area contributed by atoms with Crippen LogP contribution in [0.4, 0.5) is 0 Å². The van der Waals surface area contributed by atoms with Crippen molar-refractivity contribution in [1.82, 2.24) is 0 Å². The molecule has 0 aromatic heterocycles. The number of hydrogen-bond acceptors (Lipinski definition) is 4. The largest absolute Gasteiger partial charge is 0.508 e. The number of aliphatic hydroxyl groups excluding tert-OH is 1. The summed E-state index contributed by atoms with van der Waals surface area (Å²) in [4.78, 5) is 0. The zero-order chi connectivity index (χ0) is 10.8. The van der Waals surface area contributed by atoms with Gasteiger partial charge in [-0.3, -0.25) is 0 Å². The van der Waals surface area contributed by atoms with Crippen LogP contribution in [0.15, 0.2) is 18.2 Å². The number of phenolic OH excluding ortho intramolecular Hbond substituents is 2. The van der Waals surface area contributed by atoms with Crippen molar-refractivity contribution in [3.8, 4) is 11.5 Å². The van der Waals surface area contributed by atoms with Crippen molar-refractivity contribution < 1.29 is 20.1 Å². The van der Waals surface area contributed by atoms with Crippen molar-refractivity contribution in [2.45, 2.75) is 18.4 Å².